The van der Waals surface area contributed by atoms with E-state index >= 15 is 0 Å². The van der Waals surface area contributed by atoms with E-state index in [0.29, 0.717) is 0 Å². The van der Waals surface area contributed by atoms with Crippen molar-refractivity contribution in [2.24, 2.45) is 11.3 Å². The van der Waals surface area contributed by atoms with Crippen molar-refractivity contribution in [2.45, 2.75) is 76.7 Å². The second-order valence-corrected chi connectivity index (χ2v) is 8.88. The predicted molar refractivity (Wildman–Crippen MR) is 99.6 cm³/mol. The number of piperidine rings is 1. The van der Waals surface area contributed by atoms with Crippen LogP contribution in [0, 0.1) is 11.3 Å². The summed E-state index contributed by atoms with van der Waals surface area (Å²) in [5, 5.41) is 0. The summed E-state index contributed by atoms with van der Waals surface area (Å²) in [6.07, 6.45) is 11.7. The molecule has 4 rings (SSSR count). The second kappa shape index (κ2) is 7.87. The molecule has 26 heavy (non-hydrogen) atoms. The highest BCUT2D eigenvalue weighted by Crippen LogP contribution is 2.46. The number of carbonyl (C=O) groups is 2. The van der Waals surface area contributed by atoms with Gasteiger partial charge in [0.05, 0.1) is 0 Å². The maximum Gasteiger partial charge on any atom is 0.245 e. The molecule has 3 heterocycles. The number of carbonyl (C=O) groups excluding carboxylic acids is 2. The zero-order valence-corrected chi connectivity index (χ0v) is 16.1. The van der Waals surface area contributed by atoms with Gasteiger partial charge in [-0.25, -0.2) is 0 Å². The van der Waals surface area contributed by atoms with Gasteiger partial charge < -0.3 is 14.5 Å². The van der Waals surface area contributed by atoms with Crippen molar-refractivity contribution in [2.75, 3.05) is 32.8 Å². The minimum Gasteiger partial charge on any atom is -0.381 e. The largest absolute Gasteiger partial charge is 0.381 e. The van der Waals surface area contributed by atoms with E-state index in [-0.39, 0.29) is 29.2 Å². The van der Waals surface area contributed by atoms with Crippen LogP contribution < -0.4 is 0 Å². The molecule has 3 aliphatic heterocycles. The van der Waals surface area contributed by atoms with Gasteiger partial charge in [0.2, 0.25) is 11.8 Å². The monoisotopic (exact) mass is 362 g/mol. The van der Waals surface area contributed by atoms with Gasteiger partial charge in [0.1, 0.15) is 6.04 Å². The first-order valence-electron chi connectivity index (χ1n) is 10.9. The number of hydrogen-bond donors (Lipinski definition) is 0. The number of hydrogen-bond acceptors (Lipinski definition) is 3. The van der Waals surface area contributed by atoms with E-state index in [1.54, 1.807) is 0 Å². The molecule has 0 aromatic carbocycles. The number of likely N-dealkylation sites (tertiary alicyclic amines) is 2. The minimum atomic E-state index is -0.243. The molecule has 1 atom stereocenters. The molecule has 0 radical (unpaired) electrons. The standard InChI is InChI=1S/C21H34N2O3/c24-19(17-7-2-1-3-8-17)23-14-6-9-21(10-15-26-16-11-21)18(23)20(25)22-12-4-5-13-22/h17-18H,1-16H2. The van der Waals surface area contributed by atoms with Crippen LogP contribution in [0.15, 0.2) is 0 Å². The average molecular weight is 363 g/mol. The Balaban J connectivity index is 1.61. The SMILES string of the molecule is O=C(C1N(C(=O)C2CCCCC2)CCCC12CCOCC2)N1CCCC1. The van der Waals surface area contributed by atoms with Crippen molar-refractivity contribution in [1.82, 2.24) is 9.80 Å². The van der Waals surface area contributed by atoms with E-state index in [2.05, 4.69) is 0 Å². The minimum absolute atomic E-state index is 0.0551. The molecular weight excluding hydrogens is 328 g/mol. The smallest absolute Gasteiger partial charge is 0.245 e. The lowest BCUT2D eigenvalue weighted by molar-refractivity contribution is -0.163. The predicted octanol–water partition coefficient (Wildman–Crippen LogP) is 2.98. The van der Waals surface area contributed by atoms with Crippen LogP contribution in [0.3, 0.4) is 0 Å². The van der Waals surface area contributed by atoms with Crippen LogP contribution in [-0.4, -0.2) is 60.5 Å². The van der Waals surface area contributed by atoms with E-state index in [1.807, 2.05) is 9.80 Å². The lowest BCUT2D eigenvalue weighted by Gasteiger charge is -2.52. The summed E-state index contributed by atoms with van der Waals surface area (Å²) in [6.45, 7) is 3.97. The zero-order chi connectivity index (χ0) is 18.0. The Morgan fingerprint density at radius 1 is 0.769 bits per heavy atom. The molecule has 1 unspecified atom stereocenters. The summed E-state index contributed by atoms with van der Waals surface area (Å²) in [5.74, 6) is 0.647. The highest BCUT2D eigenvalue weighted by atomic mass is 16.5. The molecule has 0 bridgehead atoms. The van der Waals surface area contributed by atoms with E-state index in [4.69, 9.17) is 4.74 Å². The van der Waals surface area contributed by atoms with Crippen molar-refractivity contribution in [3.63, 3.8) is 0 Å². The first-order valence-corrected chi connectivity index (χ1v) is 10.9. The van der Waals surface area contributed by atoms with Crippen LogP contribution >= 0.6 is 0 Å². The number of nitrogens with zero attached hydrogens (tertiary/aromatic N) is 2. The Hall–Kier alpha value is -1.10. The Morgan fingerprint density at radius 3 is 2.15 bits per heavy atom. The third-order valence-corrected chi connectivity index (χ3v) is 7.34. The normalized spacial score (nSPS) is 29.9. The van der Waals surface area contributed by atoms with Crippen molar-refractivity contribution in [3.8, 4) is 0 Å². The molecule has 0 N–H and O–H groups in total. The molecule has 3 saturated heterocycles. The molecule has 5 nitrogen and oxygen atoms in total. The molecule has 146 valence electrons. The van der Waals surface area contributed by atoms with E-state index in [9.17, 15) is 9.59 Å². The molecule has 1 saturated carbocycles. The van der Waals surface area contributed by atoms with Gasteiger partial charge in [-0.15, -0.1) is 0 Å². The summed E-state index contributed by atoms with van der Waals surface area (Å²) in [4.78, 5) is 31.1. The van der Waals surface area contributed by atoms with Gasteiger partial charge in [-0.2, -0.15) is 0 Å². The van der Waals surface area contributed by atoms with Crippen LogP contribution in [0.1, 0.15) is 70.6 Å². The number of rotatable bonds is 2. The fourth-order valence-corrected chi connectivity index (χ4v) is 5.83. The Labute approximate surface area is 157 Å². The highest BCUT2D eigenvalue weighted by molar-refractivity contribution is 5.89. The van der Waals surface area contributed by atoms with Gasteiger partial charge in [0, 0.05) is 44.2 Å². The van der Waals surface area contributed by atoms with Gasteiger partial charge in [0.25, 0.3) is 0 Å². The highest BCUT2D eigenvalue weighted by Gasteiger charge is 2.52. The van der Waals surface area contributed by atoms with Crippen LogP contribution in [0.2, 0.25) is 0 Å². The third-order valence-electron chi connectivity index (χ3n) is 7.34. The second-order valence-electron chi connectivity index (χ2n) is 8.88. The van der Waals surface area contributed by atoms with Gasteiger partial charge >= 0.3 is 0 Å². The van der Waals surface area contributed by atoms with Gasteiger partial charge in [0.15, 0.2) is 0 Å². The lowest BCUT2D eigenvalue weighted by atomic mass is 9.67. The van der Waals surface area contributed by atoms with Crippen molar-refractivity contribution in [3.05, 3.63) is 0 Å². The molecule has 2 amide bonds. The zero-order valence-electron chi connectivity index (χ0n) is 16.1. The fraction of sp³-hybridized carbons (Fsp3) is 0.905. The molecule has 4 aliphatic rings. The molecular formula is C21H34N2O3. The maximum absolute atomic E-state index is 13.6. The summed E-state index contributed by atoms with van der Waals surface area (Å²) in [5.41, 5.74) is -0.0551. The van der Waals surface area contributed by atoms with Crippen molar-refractivity contribution >= 4 is 11.8 Å². The molecule has 0 aromatic heterocycles. The van der Waals surface area contributed by atoms with Crippen LogP contribution in [0.4, 0.5) is 0 Å². The van der Waals surface area contributed by atoms with E-state index in [1.165, 1.54) is 6.42 Å². The van der Waals surface area contributed by atoms with E-state index in [0.717, 1.165) is 97.1 Å². The van der Waals surface area contributed by atoms with Crippen LogP contribution in [-0.2, 0) is 14.3 Å². The molecule has 1 spiro atoms. The quantitative estimate of drug-likeness (QED) is 0.759. The summed E-state index contributed by atoms with van der Waals surface area (Å²) in [7, 11) is 0. The Bertz CT molecular complexity index is 512. The van der Waals surface area contributed by atoms with Crippen molar-refractivity contribution in [1.29, 1.82) is 0 Å². The Morgan fingerprint density at radius 2 is 1.46 bits per heavy atom. The van der Waals surface area contributed by atoms with Gasteiger partial charge in [-0.3, -0.25) is 9.59 Å². The molecule has 4 fully saturated rings. The fourth-order valence-electron chi connectivity index (χ4n) is 5.83. The number of ether oxygens (including phenoxy) is 1. The maximum atomic E-state index is 13.6. The summed E-state index contributed by atoms with van der Waals surface area (Å²) < 4.78 is 5.63. The van der Waals surface area contributed by atoms with Crippen molar-refractivity contribution < 1.29 is 14.3 Å². The third kappa shape index (κ3) is 3.39. The average Bonchev–Trinajstić information content (AvgIpc) is 3.23. The summed E-state index contributed by atoms with van der Waals surface area (Å²) >= 11 is 0. The summed E-state index contributed by atoms with van der Waals surface area (Å²) in [6, 6.07) is -0.243. The van der Waals surface area contributed by atoms with E-state index < -0.39 is 0 Å². The number of amides is 2. The Kier molecular flexibility index (Phi) is 5.53. The molecule has 1 aliphatic carbocycles. The first-order chi connectivity index (χ1) is 12.7. The molecule has 0 aromatic rings. The topological polar surface area (TPSA) is 49.9 Å². The lowest BCUT2D eigenvalue weighted by Crippen LogP contribution is -2.63. The first kappa shape index (κ1) is 18.3. The van der Waals surface area contributed by atoms with Crippen LogP contribution in [0.25, 0.3) is 0 Å². The molecule has 5 heteroatoms. The van der Waals surface area contributed by atoms with Crippen LogP contribution in [0.5, 0.6) is 0 Å². The van der Waals surface area contributed by atoms with Gasteiger partial charge in [-0.1, -0.05) is 19.3 Å². The van der Waals surface area contributed by atoms with Gasteiger partial charge in [-0.05, 0) is 51.4 Å².